The van der Waals surface area contributed by atoms with Crippen LogP contribution in [0.25, 0.3) is 0 Å². The van der Waals surface area contributed by atoms with Gasteiger partial charge in [-0.15, -0.1) is 11.8 Å². The van der Waals surface area contributed by atoms with Gasteiger partial charge in [-0.05, 0) is 26.8 Å². The fourth-order valence-corrected chi connectivity index (χ4v) is 2.09. The maximum Gasteiger partial charge on any atom is 0.0753 e. The minimum atomic E-state index is 0.295. The number of allylic oxidation sites excluding steroid dienone is 1. The predicted molar refractivity (Wildman–Crippen MR) is 51.1 cm³/mol. The predicted octanol–water partition coefficient (Wildman–Crippen LogP) is 2.52. The van der Waals surface area contributed by atoms with Gasteiger partial charge in [0.2, 0.25) is 0 Å². The van der Waals surface area contributed by atoms with Crippen molar-refractivity contribution >= 4 is 24.6 Å². The first-order valence-electron chi connectivity index (χ1n) is 3.31. The van der Waals surface area contributed by atoms with Crippen LogP contribution in [-0.4, -0.2) is 14.9 Å². The van der Waals surface area contributed by atoms with Gasteiger partial charge in [-0.3, -0.25) is 0 Å². The molecule has 0 fully saturated rings. The molecule has 0 aromatic rings. The first-order chi connectivity index (χ1) is 4.51. The van der Waals surface area contributed by atoms with E-state index in [1.165, 1.54) is 5.70 Å². The lowest BCUT2D eigenvalue weighted by atomic mass is 10.2. The molecule has 0 bridgehead atoms. The molecule has 1 rings (SSSR count). The third kappa shape index (κ3) is 1.86. The Morgan fingerprint density at radius 3 is 2.70 bits per heavy atom. The van der Waals surface area contributed by atoms with Gasteiger partial charge in [-0.1, -0.05) is 12.8 Å². The van der Waals surface area contributed by atoms with Crippen molar-refractivity contribution in [2.45, 2.75) is 25.5 Å². The Bertz CT molecular complexity index is 163. The van der Waals surface area contributed by atoms with E-state index in [1.807, 2.05) is 16.1 Å². The SMILES string of the molecule is CC1=CC(C)(C)SCN1S. The van der Waals surface area contributed by atoms with Crippen molar-refractivity contribution in [3.05, 3.63) is 11.8 Å². The van der Waals surface area contributed by atoms with Crippen molar-refractivity contribution in [3.8, 4) is 0 Å². The number of hydrogen-bond acceptors (Lipinski definition) is 3. The Morgan fingerprint density at radius 2 is 2.30 bits per heavy atom. The van der Waals surface area contributed by atoms with E-state index < -0.39 is 0 Å². The lowest BCUT2D eigenvalue weighted by molar-refractivity contribution is 0.648. The molecule has 1 heterocycles. The summed E-state index contributed by atoms with van der Waals surface area (Å²) in [6, 6.07) is 0. The first-order valence-corrected chi connectivity index (χ1v) is 4.70. The summed E-state index contributed by atoms with van der Waals surface area (Å²) in [5, 5.41) is 0. The minimum absolute atomic E-state index is 0.295. The molecule has 0 amide bonds. The van der Waals surface area contributed by atoms with E-state index in [0.717, 1.165) is 5.88 Å². The highest BCUT2D eigenvalue weighted by atomic mass is 32.2. The minimum Gasteiger partial charge on any atom is -0.313 e. The van der Waals surface area contributed by atoms with E-state index in [9.17, 15) is 0 Å². The van der Waals surface area contributed by atoms with Crippen molar-refractivity contribution in [1.29, 1.82) is 0 Å². The molecule has 1 aliphatic heterocycles. The summed E-state index contributed by atoms with van der Waals surface area (Å²) in [7, 11) is 0. The summed E-state index contributed by atoms with van der Waals surface area (Å²) in [6.45, 7) is 6.54. The Hall–Kier alpha value is 0.240. The molecule has 1 aliphatic rings. The fourth-order valence-electron chi connectivity index (χ4n) is 0.949. The fraction of sp³-hybridized carbons (Fsp3) is 0.714. The molecule has 10 heavy (non-hydrogen) atoms. The van der Waals surface area contributed by atoms with Crippen LogP contribution in [0.5, 0.6) is 0 Å². The van der Waals surface area contributed by atoms with Crippen LogP contribution >= 0.6 is 24.6 Å². The van der Waals surface area contributed by atoms with Gasteiger partial charge < -0.3 is 4.31 Å². The lowest BCUT2D eigenvalue weighted by Gasteiger charge is -2.31. The maximum absolute atomic E-state index is 4.28. The molecule has 1 nitrogen and oxygen atoms in total. The molecule has 0 aromatic heterocycles. The molecular formula is C7H13NS2. The monoisotopic (exact) mass is 175 g/mol. The normalized spacial score (nSPS) is 24.4. The van der Waals surface area contributed by atoms with Crippen molar-refractivity contribution < 1.29 is 0 Å². The van der Waals surface area contributed by atoms with Gasteiger partial charge in [0.15, 0.2) is 0 Å². The van der Waals surface area contributed by atoms with Gasteiger partial charge in [-0.2, -0.15) is 0 Å². The van der Waals surface area contributed by atoms with Gasteiger partial charge in [0.25, 0.3) is 0 Å². The highest BCUT2D eigenvalue weighted by Crippen LogP contribution is 2.34. The van der Waals surface area contributed by atoms with E-state index in [2.05, 4.69) is 39.7 Å². The highest BCUT2D eigenvalue weighted by Gasteiger charge is 2.21. The van der Waals surface area contributed by atoms with Crippen LogP contribution in [0.2, 0.25) is 0 Å². The van der Waals surface area contributed by atoms with E-state index in [-0.39, 0.29) is 0 Å². The Morgan fingerprint density at radius 1 is 1.70 bits per heavy atom. The van der Waals surface area contributed by atoms with Gasteiger partial charge in [0.05, 0.1) is 5.88 Å². The Labute approximate surface area is 72.4 Å². The average molecular weight is 175 g/mol. The summed E-state index contributed by atoms with van der Waals surface area (Å²) in [6.07, 6.45) is 2.24. The summed E-state index contributed by atoms with van der Waals surface area (Å²) in [5.74, 6) is 0.985. The average Bonchev–Trinajstić information content (AvgIpc) is 1.79. The third-order valence-corrected chi connectivity index (χ3v) is 3.42. The topological polar surface area (TPSA) is 3.24 Å². The molecule has 0 unspecified atom stereocenters. The second kappa shape index (κ2) is 2.70. The van der Waals surface area contributed by atoms with Crippen LogP contribution < -0.4 is 0 Å². The standard InChI is InChI=1S/C7H13NS2/c1-6-4-7(2,3)10-5-8(6)9/h4,9H,5H2,1-3H3. The third-order valence-electron chi connectivity index (χ3n) is 1.52. The Balaban J connectivity index is 2.76. The number of thiol groups is 1. The summed E-state index contributed by atoms with van der Waals surface area (Å²) >= 11 is 6.18. The van der Waals surface area contributed by atoms with Gasteiger partial charge in [-0.25, -0.2) is 0 Å². The van der Waals surface area contributed by atoms with Gasteiger partial charge in [0, 0.05) is 10.4 Å². The van der Waals surface area contributed by atoms with Crippen LogP contribution in [0.1, 0.15) is 20.8 Å². The smallest absolute Gasteiger partial charge is 0.0753 e. The van der Waals surface area contributed by atoms with Crippen molar-refractivity contribution in [3.63, 3.8) is 0 Å². The second-order valence-electron chi connectivity index (χ2n) is 3.06. The molecule has 0 radical (unpaired) electrons. The van der Waals surface area contributed by atoms with Crippen LogP contribution in [0.3, 0.4) is 0 Å². The zero-order valence-corrected chi connectivity index (χ0v) is 8.30. The maximum atomic E-state index is 4.28. The molecule has 0 spiro atoms. The van der Waals surface area contributed by atoms with Crippen molar-refractivity contribution in [1.82, 2.24) is 4.31 Å². The number of nitrogens with zero attached hydrogens (tertiary/aromatic N) is 1. The quantitative estimate of drug-likeness (QED) is 0.564. The molecule has 0 saturated carbocycles. The molecule has 0 aromatic carbocycles. The zero-order valence-electron chi connectivity index (χ0n) is 6.59. The largest absolute Gasteiger partial charge is 0.313 e. The number of rotatable bonds is 0. The van der Waals surface area contributed by atoms with Crippen molar-refractivity contribution in [2.24, 2.45) is 0 Å². The second-order valence-corrected chi connectivity index (χ2v) is 5.14. The molecule has 0 aliphatic carbocycles. The van der Waals surface area contributed by atoms with E-state index in [0.29, 0.717) is 4.75 Å². The molecule has 0 N–H and O–H groups in total. The summed E-state index contributed by atoms with van der Waals surface area (Å²) in [4.78, 5) is 0. The summed E-state index contributed by atoms with van der Waals surface area (Å²) < 4.78 is 2.26. The van der Waals surface area contributed by atoms with Crippen LogP contribution in [0.4, 0.5) is 0 Å². The number of thioether (sulfide) groups is 1. The van der Waals surface area contributed by atoms with E-state index in [4.69, 9.17) is 0 Å². The molecular weight excluding hydrogens is 162 g/mol. The van der Waals surface area contributed by atoms with Crippen molar-refractivity contribution in [2.75, 3.05) is 5.88 Å². The van der Waals surface area contributed by atoms with Gasteiger partial charge >= 0.3 is 0 Å². The molecule has 58 valence electrons. The van der Waals surface area contributed by atoms with Crippen LogP contribution in [0.15, 0.2) is 11.8 Å². The van der Waals surface area contributed by atoms with Gasteiger partial charge in [0.1, 0.15) is 0 Å². The lowest BCUT2D eigenvalue weighted by Crippen LogP contribution is -2.24. The highest BCUT2D eigenvalue weighted by molar-refractivity contribution is 8.01. The zero-order chi connectivity index (χ0) is 7.78. The summed E-state index contributed by atoms with van der Waals surface area (Å²) in [5.41, 5.74) is 1.26. The Kier molecular flexibility index (Phi) is 2.25. The van der Waals surface area contributed by atoms with E-state index in [1.54, 1.807) is 0 Å². The molecule has 0 atom stereocenters. The van der Waals surface area contributed by atoms with Crippen LogP contribution in [0, 0.1) is 0 Å². The molecule has 0 saturated heterocycles. The van der Waals surface area contributed by atoms with Crippen LogP contribution in [-0.2, 0) is 0 Å². The first kappa shape index (κ1) is 8.34. The van der Waals surface area contributed by atoms with E-state index >= 15 is 0 Å². The number of hydrogen-bond donors (Lipinski definition) is 1. The molecule has 3 heteroatoms.